The highest BCUT2D eigenvalue weighted by Crippen LogP contribution is 2.47. The Kier molecular flexibility index (Phi) is 54.1. The van der Waals surface area contributed by atoms with E-state index in [0.717, 1.165) is 73.3 Å². The molecule has 0 saturated carbocycles. The average Bonchev–Trinajstić information content (AvgIpc) is 0.761. The van der Waals surface area contributed by atoms with Gasteiger partial charge in [-0.15, -0.1) is 12.4 Å². The van der Waals surface area contributed by atoms with E-state index in [1.165, 1.54) is 35.5 Å². The Morgan fingerprint density at radius 1 is 0.299 bits per heavy atom. The smallest absolute Gasteiger partial charge is 0.334 e. The first-order chi connectivity index (χ1) is 65.7. The first kappa shape index (κ1) is 116. The maximum Gasteiger partial charge on any atom is 0.334 e. The van der Waals surface area contributed by atoms with Crippen LogP contribution in [0.4, 0.5) is 0 Å². The molecule has 0 fully saturated rings. The molecule has 0 aliphatic carbocycles. The molecule has 0 amide bonds. The fourth-order valence-electron chi connectivity index (χ4n) is 14.9. The molecule has 0 spiro atoms. The first-order valence-electron chi connectivity index (χ1n) is 41.8. The Morgan fingerprint density at radius 2 is 0.474 bits per heavy atom. The van der Waals surface area contributed by atoms with Crippen LogP contribution >= 0.6 is 70.4 Å². The number of carbonyl (C=O) groups is 3. The Balaban J connectivity index is 0.000000302. The van der Waals surface area contributed by atoms with Crippen molar-refractivity contribution in [1.82, 2.24) is 26.6 Å². The van der Waals surface area contributed by atoms with Crippen LogP contribution in [-0.4, -0.2) is 201 Å². The number of nitrogens with zero attached hydrogens (tertiary/aromatic N) is 15. The quantitative estimate of drug-likeness (QED) is 0.00448. The van der Waals surface area contributed by atoms with Gasteiger partial charge in [0, 0.05) is 152 Å². The minimum Gasteiger partial charge on any atom is -0.478 e. The third kappa shape index (κ3) is 35.2. The molecule has 5 aromatic rings. The number of hydrogen-bond donors (Lipinski definition) is 8. The number of carboxylic acid groups (broad SMARTS) is 3. The van der Waals surface area contributed by atoms with Gasteiger partial charge in [-0.2, -0.15) is 0 Å². The zero-order chi connectivity index (χ0) is 99.4. The number of ether oxygens (including phenoxy) is 5. The molecule has 5 atom stereocenters. The summed E-state index contributed by atoms with van der Waals surface area (Å²) in [5.74, 6) is -5.29. The number of benzene rings is 5. The van der Waals surface area contributed by atoms with Crippen LogP contribution in [0.15, 0.2) is 260 Å². The summed E-state index contributed by atoms with van der Waals surface area (Å²) in [6.45, 7) is 17.5. The Labute approximate surface area is 822 Å². The molecule has 1 unspecified atom stereocenters. The van der Waals surface area contributed by atoms with Crippen molar-refractivity contribution in [3.05, 3.63) is 339 Å². The van der Waals surface area contributed by atoms with Crippen LogP contribution in [0.25, 0.3) is 52.2 Å². The third-order valence-corrected chi connectivity index (χ3v) is 22.9. The lowest BCUT2D eigenvalue weighted by atomic mass is 9.80. The van der Waals surface area contributed by atoms with E-state index in [1.807, 2.05) is 97.0 Å². The first-order valence-corrected chi connectivity index (χ1v) is 43.7. The number of rotatable bonds is 48. The number of nitrogens with one attached hydrogen (secondary N) is 5. The largest absolute Gasteiger partial charge is 0.478 e. The molecule has 10 rings (SSSR count). The van der Waals surface area contributed by atoms with Gasteiger partial charge in [0.15, 0.2) is 0 Å². The topological polar surface area (TPSA) is 554 Å². The molecule has 0 aromatic heterocycles. The van der Waals surface area contributed by atoms with Crippen LogP contribution in [0, 0.1) is 0 Å². The van der Waals surface area contributed by atoms with Crippen molar-refractivity contribution in [3.8, 4) is 0 Å². The molecule has 0 saturated heterocycles. The fraction of sp³-hybridized carbons (Fsp3) is 0.411. The second-order valence-electron chi connectivity index (χ2n) is 29.2. The highest BCUT2D eigenvalue weighted by molar-refractivity contribution is 6.33. The number of halogens is 6. The van der Waals surface area contributed by atoms with Crippen molar-refractivity contribution in [3.63, 3.8) is 0 Å². The Hall–Kier alpha value is -11.4. The molecule has 5 aliphatic heterocycles. The standard InChI is InChI=1S/3C18H21ClN4O5.2C18H23ClN4O3.ClH/c3*1-11-13(9-28-26-2)16(12-5-3-4-6-14(12)19)17(18(24)25)15(22-11)10-27-8-7-21-23-20;2*1-12-17(11-25-9-8-21-23-20)22-13(2)15(10-26-24-3)18(12)14-6-4-5-7-16(14)19;/h3*3-6,16,22H,7-10H2,1-2H3,(H,24,25);2*4-7,18,22H,8-11H2,1-3H3;1H/t2*16-;;2*18-;/m11.11./s1. The Morgan fingerprint density at radius 3 is 0.657 bits per heavy atom. The molecule has 0 bridgehead atoms. The van der Waals surface area contributed by atoms with Gasteiger partial charge in [0.1, 0.15) is 33.0 Å². The van der Waals surface area contributed by atoms with Gasteiger partial charge in [0.25, 0.3) is 0 Å². The zero-order valence-electron chi connectivity index (χ0n) is 77.3. The molecule has 41 nitrogen and oxygen atoms in total. The van der Waals surface area contributed by atoms with Crippen LogP contribution < -0.4 is 26.6 Å². The summed E-state index contributed by atoms with van der Waals surface area (Å²) in [4.78, 5) is 99.3. The van der Waals surface area contributed by atoms with E-state index in [4.69, 9.17) is 158 Å². The summed E-state index contributed by atoms with van der Waals surface area (Å²) in [6.07, 6.45) is 0. The SMILES string of the molecule is COOCC1=C(C)NC(COCCN=[N+]=[N-])=C(C(=O)O)C1c1ccccc1Cl.COOCC1=C(C)NC(COCCN=[N+]=[N-])=C(C(=O)O)[C@@H]1c1ccccc1Cl.COOCC1=C(C)NC(COCCN=[N+]=[N-])=C(C(=O)O)[C@@H]1c1ccccc1Cl.COOCC1=C(C)NC(COCCN=[N+]=[N-])=C(C)[C@@H]1c1ccccc1Cl.COOCC1=C(C)NC(COCCN=[N+]=[N-])=C(C)[C@@H]1c1ccccc1Cl.Cl. The predicted octanol–water partition coefficient (Wildman–Crippen LogP) is 20.0. The molecule has 5 heterocycles. The lowest BCUT2D eigenvalue weighted by molar-refractivity contribution is -0.265. The number of hydrogen-bond acceptors (Lipinski definition) is 28. The van der Waals surface area contributed by atoms with E-state index in [-0.39, 0.29) is 120 Å². The minimum absolute atomic E-state index is 0. The molecule has 47 heteroatoms. The summed E-state index contributed by atoms with van der Waals surface area (Å²) in [6, 6.07) is 36.7. The monoisotopic (exact) mass is 2020 g/mol. The lowest BCUT2D eigenvalue weighted by Crippen LogP contribution is -2.33. The van der Waals surface area contributed by atoms with E-state index in [1.54, 1.807) is 72.8 Å². The van der Waals surface area contributed by atoms with Gasteiger partial charge in [0.05, 0.1) is 135 Å². The van der Waals surface area contributed by atoms with Gasteiger partial charge in [0.2, 0.25) is 0 Å². The van der Waals surface area contributed by atoms with Gasteiger partial charge >= 0.3 is 17.9 Å². The van der Waals surface area contributed by atoms with E-state index >= 15 is 0 Å². The third-order valence-electron chi connectivity index (χ3n) is 21.2. The zero-order valence-corrected chi connectivity index (χ0v) is 81.9. The van der Waals surface area contributed by atoms with E-state index in [2.05, 4.69) is 76.7 Å². The van der Waals surface area contributed by atoms with E-state index in [9.17, 15) is 29.7 Å². The van der Waals surface area contributed by atoms with Crippen molar-refractivity contribution in [1.29, 1.82) is 0 Å². The van der Waals surface area contributed by atoms with Crippen LogP contribution in [0.1, 0.15) is 106 Å². The maximum absolute atomic E-state index is 12.2. The molecular formula is C90H110Cl6N20O21. The van der Waals surface area contributed by atoms with Gasteiger partial charge in [-0.3, -0.25) is 0 Å². The summed E-state index contributed by atoms with van der Waals surface area (Å²) in [5.41, 5.74) is 59.5. The van der Waals surface area contributed by atoms with Crippen molar-refractivity contribution < 1.29 is 102 Å². The van der Waals surface area contributed by atoms with Crippen molar-refractivity contribution in [2.75, 3.05) is 167 Å². The molecular weight excluding hydrogens is 1910 g/mol. The summed E-state index contributed by atoms with van der Waals surface area (Å²) >= 11 is 32.1. The molecule has 0 radical (unpaired) electrons. The highest BCUT2D eigenvalue weighted by atomic mass is 35.5. The van der Waals surface area contributed by atoms with Gasteiger partial charge in [-0.05, 0) is 173 Å². The number of azide groups is 5. The molecule has 5 aromatic carbocycles. The van der Waals surface area contributed by atoms with Crippen LogP contribution in [0.2, 0.25) is 25.1 Å². The van der Waals surface area contributed by atoms with Crippen LogP contribution in [-0.2, 0) is 86.9 Å². The molecule has 137 heavy (non-hydrogen) atoms. The van der Waals surface area contributed by atoms with E-state index in [0.29, 0.717) is 128 Å². The van der Waals surface area contributed by atoms with Crippen LogP contribution in [0.5, 0.6) is 0 Å². The second kappa shape index (κ2) is 63.9. The molecule has 5 aliphatic rings. The van der Waals surface area contributed by atoms with Crippen molar-refractivity contribution >= 4 is 88.3 Å². The van der Waals surface area contributed by atoms with Crippen molar-refractivity contribution in [2.24, 2.45) is 25.6 Å². The number of allylic oxidation sites excluding steroid dienone is 7. The highest BCUT2D eigenvalue weighted by Gasteiger charge is 2.40. The van der Waals surface area contributed by atoms with Crippen molar-refractivity contribution in [2.45, 2.75) is 78.1 Å². The molecule has 738 valence electrons. The maximum atomic E-state index is 12.2. The number of dihydropyridines is 5. The molecule has 8 N–H and O–H groups in total. The van der Waals surface area contributed by atoms with E-state index < -0.39 is 35.7 Å². The lowest BCUT2D eigenvalue weighted by Gasteiger charge is -2.32. The Bertz CT molecular complexity index is 5080. The minimum atomic E-state index is -1.10. The number of carboxylic acids is 3. The van der Waals surface area contributed by atoms with Crippen LogP contribution in [0.3, 0.4) is 0 Å². The fourth-order valence-corrected chi connectivity index (χ4v) is 16.2. The van der Waals surface area contributed by atoms with Gasteiger partial charge in [-0.1, -0.05) is 175 Å². The summed E-state index contributed by atoms with van der Waals surface area (Å²) in [5, 5.41) is 65.7. The normalized spacial score (nSPS) is 16.7. The number of aliphatic carboxylic acids is 3. The summed E-state index contributed by atoms with van der Waals surface area (Å²) in [7, 11) is 7.12. The van der Waals surface area contributed by atoms with Gasteiger partial charge in [-0.25, -0.2) is 63.3 Å². The average molecular weight is 2020 g/mol. The summed E-state index contributed by atoms with van der Waals surface area (Å²) < 4.78 is 27.7. The predicted molar refractivity (Wildman–Crippen MR) is 516 cm³/mol. The van der Waals surface area contributed by atoms with Gasteiger partial charge < -0.3 is 65.6 Å². The second-order valence-corrected chi connectivity index (χ2v) is 31.3.